The summed E-state index contributed by atoms with van der Waals surface area (Å²) in [5.74, 6) is 0.701. The Morgan fingerprint density at radius 1 is 1.16 bits per heavy atom. The van der Waals surface area contributed by atoms with Crippen molar-refractivity contribution in [2.75, 3.05) is 5.32 Å². The van der Waals surface area contributed by atoms with Gasteiger partial charge in [0.1, 0.15) is 0 Å². The monoisotopic (exact) mass is 335 g/mol. The van der Waals surface area contributed by atoms with E-state index < -0.39 is 0 Å². The zero-order valence-electron chi connectivity index (χ0n) is 14.1. The van der Waals surface area contributed by atoms with Crippen LogP contribution in [0.15, 0.2) is 67.1 Å². The lowest BCUT2D eigenvalue weighted by Crippen LogP contribution is -2.36. The van der Waals surface area contributed by atoms with Crippen molar-refractivity contribution in [1.29, 1.82) is 0 Å². The second-order valence-electron chi connectivity index (χ2n) is 5.88. The Bertz CT molecular complexity index is 784. The van der Waals surface area contributed by atoms with Gasteiger partial charge in [0, 0.05) is 18.4 Å². The van der Waals surface area contributed by atoms with Crippen molar-refractivity contribution in [3.63, 3.8) is 0 Å². The largest absolute Gasteiger partial charge is 0.335 e. The maximum absolute atomic E-state index is 12.1. The van der Waals surface area contributed by atoms with Gasteiger partial charge in [-0.15, -0.1) is 0 Å². The number of rotatable bonds is 6. The Labute approximate surface area is 146 Å². The molecule has 0 aliphatic carbocycles. The molecule has 3 aromatic rings. The minimum atomic E-state index is -0.228. The van der Waals surface area contributed by atoms with Crippen LogP contribution < -0.4 is 10.6 Å². The van der Waals surface area contributed by atoms with Crippen molar-refractivity contribution in [1.82, 2.24) is 20.1 Å². The number of nitrogens with zero attached hydrogens (tertiary/aromatic N) is 3. The highest BCUT2D eigenvalue weighted by Gasteiger charge is 2.08. The number of nitrogens with one attached hydrogen (secondary N) is 2. The first-order valence-corrected chi connectivity index (χ1v) is 8.28. The third-order valence-electron chi connectivity index (χ3n) is 3.83. The lowest BCUT2D eigenvalue weighted by atomic mass is 10.1. The standard InChI is InChI=1S/C19H21N5O/c1-15(8-9-16-6-3-2-4-7-16)22-19(25)23-17-10-11-18(20-14-17)24-13-5-12-21-24/h2-7,10-15H,8-9H2,1H3,(H2,22,23,25). The molecule has 0 saturated carbocycles. The molecular formula is C19H21N5O. The van der Waals surface area contributed by atoms with Crippen LogP contribution in [0.1, 0.15) is 18.9 Å². The van der Waals surface area contributed by atoms with Crippen LogP contribution in [0, 0.1) is 0 Å². The highest BCUT2D eigenvalue weighted by atomic mass is 16.2. The van der Waals surface area contributed by atoms with E-state index >= 15 is 0 Å². The summed E-state index contributed by atoms with van der Waals surface area (Å²) in [7, 11) is 0. The molecule has 0 bridgehead atoms. The average Bonchev–Trinajstić information content (AvgIpc) is 3.16. The number of aromatic nitrogens is 3. The Hall–Kier alpha value is -3.15. The predicted octanol–water partition coefficient (Wildman–Crippen LogP) is 3.41. The molecule has 2 amide bonds. The Kier molecular flexibility index (Phi) is 5.41. The van der Waals surface area contributed by atoms with Crippen molar-refractivity contribution in [2.24, 2.45) is 0 Å². The van der Waals surface area contributed by atoms with Crippen LogP contribution in [-0.4, -0.2) is 26.8 Å². The van der Waals surface area contributed by atoms with Crippen LogP contribution in [0.5, 0.6) is 0 Å². The first-order chi connectivity index (χ1) is 12.2. The molecule has 2 heterocycles. The lowest BCUT2D eigenvalue weighted by molar-refractivity contribution is 0.248. The molecule has 0 aliphatic heterocycles. The summed E-state index contributed by atoms with van der Waals surface area (Å²) in [4.78, 5) is 16.4. The fourth-order valence-corrected chi connectivity index (χ4v) is 2.49. The molecule has 0 fully saturated rings. The summed E-state index contributed by atoms with van der Waals surface area (Å²) >= 11 is 0. The number of hydrogen-bond donors (Lipinski definition) is 2. The van der Waals surface area contributed by atoms with Gasteiger partial charge in [0.05, 0.1) is 11.9 Å². The summed E-state index contributed by atoms with van der Waals surface area (Å²) in [5, 5.41) is 9.86. The smallest absolute Gasteiger partial charge is 0.319 e. The van der Waals surface area contributed by atoms with Crippen molar-refractivity contribution in [3.8, 4) is 5.82 Å². The van der Waals surface area contributed by atoms with Crippen molar-refractivity contribution in [2.45, 2.75) is 25.8 Å². The number of hydrogen-bond acceptors (Lipinski definition) is 3. The normalized spacial score (nSPS) is 11.7. The second-order valence-corrected chi connectivity index (χ2v) is 5.88. The summed E-state index contributed by atoms with van der Waals surface area (Å²) in [6.07, 6.45) is 6.94. The first kappa shape index (κ1) is 16.7. The number of aryl methyl sites for hydroxylation is 1. The number of amides is 2. The minimum absolute atomic E-state index is 0.0801. The van der Waals surface area contributed by atoms with E-state index in [0.717, 1.165) is 12.8 Å². The Morgan fingerprint density at radius 3 is 2.68 bits per heavy atom. The molecule has 0 radical (unpaired) electrons. The number of pyridine rings is 1. The molecule has 2 N–H and O–H groups in total. The van der Waals surface area contributed by atoms with Crippen LogP contribution in [0.4, 0.5) is 10.5 Å². The van der Waals surface area contributed by atoms with E-state index in [9.17, 15) is 4.79 Å². The molecule has 1 unspecified atom stereocenters. The topological polar surface area (TPSA) is 71.8 Å². The van der Waals surface area contributed by atoms with E-state index in [1.165, 1.54) is 5.56 Å². The molecule has 3 rings (SSSR count). The SMILES string of the molecule is CC(CCc1ccccc1)NC(=O)Nc1ccc(-n2cccn2)nc1. The molecule has 1 atom stereocenters. The number of anilines is 1. The molecular weight excluding hydrogens is 314 g/mol. The second kappa shape index (κ2) is 8.10. The van der Waals surface area contributed by atoms with Crippen LogP contribution in [0.25, 0.3) is 5.82 Å². The highest BCUT2D eigenvalue weighted by molar-refractivity contribution is 5.89. The van der Waals surface area contributed by atoms with Gasteiger partial charge in [-0.3, -0.25) is 0 Å². The summed E-state index contributed by atoms with van der Waals surface area (Å²) in [5.41, 5.74) is 1.92. The highest BCUT2D eigenvalue weighted by Crippen LogP contribution is 2.09. The van der Waals surface area contributed by atoms with Gasteiger partial charge in [0.2, 0.25) is 0 Å². The maximum Gasteiger partial charge on any atom is 0.319 e. The van der Waals surface area contributed by atoms with E-state index in [-0.39, 0.29) is 12.1 Å². The minimum Gasteiger partial charge on any atom is -0.335 e. The molecule has 6 nitrogen and oxygen atoms in total. The zero-order chi connectivity index (χ0) is 17.5. The number of carbonyl (C=O) groups excluding carboxylic acids is 1. The van der Waals surface area contributed by atoms with Gasteiger partial charge in [-0.05, 0) is 43.5 Å². The maximum atomic E-state index is 12.1. The van der Waals surface area contributed by atoms with E-state index in [1.54, 1.807) is 29.2 Å². The van der Waals surface area contributed by atoms with Gasteiger partial charge in [-0.1, -0.05) is 30.3 Å². The molecule has 0 aliphatic rings. The Balaban J connectivity index is 1.47. The first-order valence-electron chi connectivity index (χ1n) is 8.28. The van der Waals surface area contributed by atoms with Crippen LogP contribution >= 0.6 is 0 Å². The molecule has 2 aromatic heterocycles. The number of benzene rings is 1. The van der Waals surface area contributed by atoms with Crippen molar-refractivity contribution < 1.29 is 4.79 Å². The molecule has 25 heavy (non-hydrogen) atoms. The van der Waals surface area contributed by atoms with Crippen molar-refractivity contribution in [3.05, 3.63) is 72.7 Å². The van der Waals surface area contributed by atoms with Crippen molar-refractivity contribution >= 4 is 11.7 Å². The van der Waals surface area contributed by atoms with Crippen LogP contribution in [0.3, 0.4) is 0 Å². The number of urea groups is 1. The molecule has 0 saturated heterocycles. The lowest BCUT2D eigenvalue weighted by Gasteiger charge is -2.14. The van der Waals surface area contributed by atoms with Gasteiger partial charge >= 0.3 is 6.03 Å². The van der Waals surface area contributed by atoms with E-state index in [0.29, 0.717) is 11.5 Å². The third-order valence-corrected chi connectivity index (χ3v) is 3.83. The molecule has 1 aromatic carbocycles. The van der Waals surface area contributed by atoms with E-state index in [1.807, 2.05) is 37.4 Å². The van der Waals surface area contributed by atoms with E-state index in [2.05, 4.69) is 32.8 Å². The fraction of sp³-hybridized carbons (Fsp3) is 0.211. The van der Waals surface area contributed by atoms with Crippen LogP contribution in [0.2, 0.25) is 0 Å². The van der Waals surface area contributed by atoms with Gasteiger partial charge in [0.25, 0.3) is 0 Å². The molecule has 0 spiro atoms. The average molecular weight is 335 g/mol. The predicted molar refractivity (Wildman–Crippen MR) is 97.7 cm³/mol. The zero-order valence-corrected chi connectivity index (χ0v) is 14.1. The van der Waals surface area contributed by atoms with Gasteiger partial charge in [0.15, 0.2) is 5.82 Å². The van der Waals surface area contributed by atoms with E-state index in [4.69, 9.17) is 0 Å². The Morgan fingerprint density at radius 2 is 2.00 bits per heavy atom. The molecule has 6 heteroatoms. The molecule has 128 valence electrons. The summed E-state index contributed by atoms with van der Waals surface area (Å²) < 4.78 is 1.66. The fourth-order valence-electron chi connectivity index (χ4n) is 2.49. The summed E-state index contributed by atoms with van der Waals surface area (Å²) in [6, 6.07) is 15.5. The van der Waals surface area contributed by atoms with Gasteiger partial charge < -0.3 is 10.6 Å². The van der Waals surface area contributed by atoms with Gasteiger partial charge in [-0.25, -0.2) is 14.5 Å². The quantitative estimate of drug-likeness (QED) is 0.725. The van der Waals surface area contributed by atoms with Crippen LogP contribution in [-0.2, 0) is 6.42 Å². The summed E-state index contributed by atoms with van der Waals surface area (Å²) in [6.45, 7) is 2.00. The number of carbonyl (C=O) groups is 1. The van der Waals surface area contributed by atoms with Gasteiger partial charge in [-0.2, -0.15) is 5.10 Å². The third kappa shape index (κ3) is 4.91.